The fourth-order valence-electron chi connectivity index (χ4n) is 1.78. The lowest BCUT2D eigenvalue weighted by Gasteiger charge is -2.14. The molecule has 0 aliphatic heterocycles. The Balaban J connectivity index is 1.96. The van der Waals surface area contributed by atoms with Crippen molar-refractivity contribution in [3.8, 4) is 11.5 Å². The van der Waals surface area contributed by atoms with E-state index >= 15 is 0 Å². The summed E-state index contributed by atoms with van der Waals surface area (Å²) >= 11 is 5.76. The molecule has 9 heteroatoms. The number of alkyl halides is 3. The van der Waals surface area contributed by atoms with Crippen molar-refractivity contribution in [2.75, 3.05) is 18.5 Å². The maximum absolute atomic E-state index is 12.9. The molecular formula is C16H12ClF4NO3. The summed E-state index contributed by atoms with van der Waals surface area (Å²) < 4.78 is 59.4. The lowest BCUT2D eigenvalue weighted by molar-refractivity contribution is -0.153. The Morgan fingerprint density at radius 2 is 1.80 bits per heavy atom. The molecule has 0 fully saturated rings. The lowest BCUT2D eigenvalue weighted by Crippen LogP contribution is -2.22. The van der Waals surface area contributed by atoms with E-state index in [-0.39, 0.29) is 22.2 Å². The molecule has 0 spiro atoms. The van der Waals surface area contributed by atoms with Crippen LogP contribution in [0.4, 0.5) is 23.2 Å². The van der Waals surface area contributed by atoms with Crippen LogP contribution in [0.5, 0.6) is 11.5 Å². The van der Waals surface area contributed by atoms with E-state index in [0.717, 1.165) is 12.1 Å². The standard InChI is InChI=1S/C16H12ClF4NO3/c17-11-7-10(18)5-6-13(11)24-8-15(23)22-12-3-1-2-4-14(12)25-9-16(19,20)21/h1-7H,8-9H2,(H,22,23). The Kier molecular flexibility index (Phi) is 6.08. The van der Waals surface area contributed by atoms with Crippen molar-refractivity contribution in [1.82, 2.24) is 0 Å². The van der Waals surface area contributed by atoms with Gasteiger partial charge in [-0.2, -0.15) is 13.2 Å². The number of hydrogen-bond acceptors (Lipinski definition) is 3. The normalized spacial score (nSPS) is 11.1. The minimum absolute atomic E-state index is 0.0123. The van der Waals surface area contributed by atoms with Crippen LogP contribution >= 0.6 is 11.6 Å². The van der Waals surface area contributed by atoms with Crippen LogP contribution in [0.3, 0.4) is 0 Å². The molecule has 0 saturated carbocycles. The molecule has 0 aliphatic carbocycles. The molecule has 134 valence electrons. The van der Waals surface area contributed by atoms with Gasteiger partial charge < -0.3 is 14.8 Å². The third-order valence-corrected chi connectivity index (χ3v) is 3.10. The van der Waals surface area contributed by atoms with Crippen molar-refractivity contribution in [2.45, 2.75) is 6.18 Å². The van der Waals surface area contributed by atoms with Gasteiger partial charge in [0.1, 0.15) is 17.3 Å². The maximum atomic E-state index is 12.9. The van der Waals surface area contributed by atoms with Crippen LogP contribution in [-0.4, -0.2) is 25.3 Å². The number of hydrogen-bond donors (Lipinski definition) is 1. The molecule has 4 nitrogen and oxygen atoms in total. The smallest absolute Gasteiger partial charge is 0.422 e. The van der Waals surface area contributed by atoms with Crippen molar-refractivity contribution in [3.05, 3.63) is 53.3 Å². The van der Waals surface area contributed by atoms with Gasteiger partial charge >= 0.3 is 6.18 Å². The number of ether oxygens (including phenoxy) is 2. The first kappa shape index (κ1) is 18.9. The molecule has 2 aromatic rings. The van der Waals surface area contributed by atoms with Gasteiger partial charge in [-0.15, -0.1) is 0 Å². The van der Waals surface area contributed by atoms with Gasteiger partial charge in [0.25, 0.3) is 5.91 Å². The van der Waals surface area contributed by atoms with Crippen molar-refractivity contribution in [1.29, 1.82) is 0 Å². The van der Waals surface area contributed by atoms with Gasteiger partial charge in [-0.05, 0) is 30.3 Å². The van der Waals surface area contributed by atoms with Gasteiger partial charge in [-0.25, -0.2) is 4.39 Å². The van der Waals surface area contributed by atoms with Gasteiger partial charge in [0.2, 0.25) is 0 Å². The molecular weight excluding hydrogens is 366 g/mol. The number of benzene rings is 2. The van der Waals surface area contributed by atoms with E-state index in [1.54, 1.807) is 0 Å². The second-order valence-electron chi connectivity index (χ2n) is 4.81. The summed E-state index contributed by atoms with van der Waals surface area (Å²) in [7, 11) is 0. The van der Waals surface area contributed by atoms with Crippen LogP contribution in [0.15, 0.2) is 42.5 Å². The van der Waals surface area contributed by atoms with Crippen molar-refractivity contribution < 1.29 is 31.8 Å². The number of carbonyl (C=O) groups excluding carboxylic acids is 1. The third kappa shape index (κ3) is 6.15. The minimum atomic E-state index is -4.50. The quantitative estimate of drug-likeness (QED) is 0.757. The molecule has 0 unspecified atom stereocenters. The van der Waals surface area contributed by atoms with Gasteiger partial charge in [0.05, 0.1) is 10.7 Å². The topological polar surface area (TPSA) is 47.6 Å². The molecule has 0 aliphatic rings. The van der Waals surface area contributed by atoms with Gasteiger partial charge in [-0.1, -0.05) is 23.7 Å². The zero-order valence-electron chi connectivity index (χ0n) is 12.6. The van der Waals surface area contributed by atoms with E-state index in [9.17, 15) is 22.4 Å². The van der Waals surface area contributed by atoms with Gasteiger partial charge in [0, 0.05) is 0 Å². The van der Waals surface area contributed by atoms with E-state index in [0.29, 0.717) is 0 Å². The fraction of sp³-hybridized carbons (Fsp3) is 0.188. The molecule has 25 heavy (non-hydrogen) atoms. The summed E-state index contributed by atoms with van der Waals surface area (Å²) in [4.78, 5) is 11.9. The summed E-state index contributed by atoms with van der Waals surface area (Å²) in [6.07, 6.45) is -4.50. The number of para-hydroxylation sites is 2. The molecule has 0 radical (unpaired) electrons. The predicted molar refractivity (Wildman–Crippen MR) is 83.5 cm³/mol. The first-order chi connectivity index (χ1) is 11.7. The number of amides is 1. The minimum Gasteiger partial charge on any atom is -0.482 e. The summed E-state index contributed by atoms with van der Waals surface area (Å²) in [6.45, 7) is -1.96. The predicted octanol–water partition coefficient (Wildman–Crippen LogP) is 4.44. The number of anilines is 1. The van der Waals surface area contributed by atoms with Crippen molar-refractivity contribution in [3.63, 3.8) is 0 Å². The average Bonchev–Trinajstić information content (AvgIpc) is 2.52. The first-order valence-corrected chi connectivity index (χ1v) is 7.29. The Morgan fingerprint density at radius 3 is 2.48 bits per heavy atom. The Morgan fingerprint density at radius 1 is 1.08 bits per heavy atom. The number of halogens is 5. The highest BCUT2D eigenvalue weighted by Crippen LogP contribution is 2.27. The Labute approximate surface area is 145 Å². The molecule has 0 heterocycles. The second-order valence-corrected chi connectivity index (χ2v) is 5.22. The summed E-state index contributed by atoms with van der Waals surface area (Å²) in [5.74, 6) is -1.24. The molecule has 0 atom stereocenters. The summed E-state index contributed by atoms with van der Waals surface area (Å²) in [5, 5.41) is 2.36. The average molecular weight is 378 g/mol. The molecule has 0 bridgehead atoms. The molecule has 1 N–H and O–H groups in total. The van der Waals surface area contributed by atoms with Crippen LogP contribution < -0.4 is 14.8 Å². The third-order valence-electron chi connectivity index (χ3n) is 2.81. The highest BCUT2D eigenvalue weighted by atomic mass is 35.5. The van der Waals surface area contributed by atoms with Crippen LogP contribution in [-0.2, 0) is 4.79 Å². The van der Waals surface area contributed by atoms with E-state index in [1.165, 1.54) is 30.3 Å². The zero-order valence-corrected chi connectivity index (χ0v) is 13.3. The van der Waals surface area contributed by atoms with Gasteiger partial charge in [0.15, 0.2) is 13.2 Å². The molecule has 2 rings (SSSR count). The molecule has 0 aromatic heterocycles. The van der Waals surface area contributed by atoms with Crippen LogP contribution in [0.2, 0.25) is 5.02 Å². The number of nitrogens with one attached hydrogen (secondary N) is 1. The van der Waals surface area contributed by atoms with Gasteiger partial charge in [-0.3, -0.25) is 4.79 Å². The number of carbonyl (C=O) groups is 1. The summed E-state index contributed by atoms with van der Waals surface area (Å²) in [6, 6.07) is 9.05. The first-order valence-electron chi connectivity index (χ1n) is 6.91. The summed E-state index contributed by atoms with van der Waals surface area (Å²) in [5.41, 5.74) is 0.0607. The molecule has 0 saturated heterocycles. The van der Waals surface area contributed by atoms with E-state index in [2.05, 4.69) is 10.1 Å². The van der Waals surface area contributed by atoms with Crippen LogP contribution in [0.25, 0.3) is 0 Å². The zero-order chi connectivity index (χ0) is 18.4. The second kappa shape index (κ2) is 8.06. The molecule has 2 aromatic carbocycles. The Bertz CT molecular complexity index is 752. The number of rotatable bonds is 6. The van der Waals surface area contributed by atoms with E-state index in [4.69, 9.17) is 16.3 Å². The van der Waals surface area contributed by atoms with Crippen molar-refractivity contribution in [2.24, 2.45) is 0 Å². The Hall–Kier alpha value is -2.48. The van der Waals surface area contributed by atoms with E-state index < -0.39 is 31.1 Å². The van der Waals surface area contributed by atoms with Crippen LogP contribution in [0, 0.1) is 5.82 Å². The lowest BCUT2D eigenvalue weighted by atomic mass is 10.3. The fourth-order valence-corrected chi connectivity index (χ4v) is 2.00. The SMILES string of the molecule is O=C(COc1ccc(F)cc1Cl)Nc1ccccc1OCC(F)(F)F. The molecule has 1 amide bonds. The highest BCUT2D eigenvalue weighted by molar-refractivity contribution is 6.32. The maximum Gasteiger partial charge on any atom is 0.422 e. The monoisotopic (exact) mass is 377 g/mol. The van der Waals surface area contributed by atoms with Crippen LogP contribution in [0.1, 0.15) is 0 Å². The largest absolute Gasteiger partial charge is 0.482 e. The highest BCUT2D eigenvalue weighted by Gasteiger charge is 2.28. The van der Waals surface area contributed by atoms with Crippen molar-refractivity contribution >= 4 is 23.2 Å². The van der Waals surface area contributed by atoms with E-state index in [1.807, 2.05) is 0 Å².